The van der Waals surface area contributed by atoms with Gasteiger partial charge >= 0.3 is 0 Å². The molecule has 0 saturated heterocycles. The van der Waals surface area contributed by atoms with Gasteiger partial charge in [0.15, 0.2) is 0 Å². The number of hydrogen-bond acceptors (Lipinski definition) is 4. The molecular formula is C119H90N4. The maximum absolute atomic E-state index is 3.73. The number of fused-ring (bicyclic) bond motifs is 19. The highest BCUT2D eigenvalue weighted by molar-refractivity contribution is 5.98. The van der Waals surface area contributed by atoms with Crippen LogP contribution in [0.5, 0.6) is 0 Å². The summed E-state index contributed by atoms with van der Waals surface area (Å²) in [7, 11) is 0. The van der Waals surface area contributed by atoms with Gasteiger partial charge in [0.05, 0.1) is 10.8 Å². The SMILES string of the molecule is CC1(C)C2=CC(Nc3ccc4ccccc4c3)CC=C2c2ccccc21.c1ccc(-c2ccc(Nc3ccc(-c4ccccc4)cc3)cc2)cc1.c1ccc(C2(c3ccccc3)c3ccccc3-c3ccc(Nc4ccc5ccccc5c4)cc32)cc1.c1ccc2c(c1)-c1ccccc1C21c2ccccc2-c2ccc(Nc3ccc4ccccc4c3)cc21. The molecule has 4 N–H and O–H groups in total. The van der Waals surface area contributed by atoms with E-state index in [1.807, 2.05) is 12.1 Å². The molecule has 1 atom stereocenters. The van der Waals surface area contributed by atoms with Crippen LogP contribution < -0.4 is 21.3 Å². The fourth-order valence-corrected chi connectivity index (χ4v) is 20.0. The summed E-state index contributed by atoms with van der Waals surface area (Å²) in [6.07, 6.45) is 5.89. The summed E-state index contributed by atoms with van der Waals surface area (Å²) < 4.78 is 0. The molecule has 19 aromatic carbocycles. The van der Waals surface area contributed by atoms with Gasteiger partial charge in [-0.15, -0.1) is 0 Å². The zero-order valence-electron chi connectivity index (χ0n) is 68.7. The number of anilines is 7. The predicted molar refractivity (Wildman–Crippen MR) is 519 cm³/mol. The van der Waals surface area contributed by atoms with Crippen LogP contribution in [0.25, 0.3) is 93.5 Å². The van der Waals surface area contributed by atoms with Gasteiger partial charge in [-0.3, -0.25) is 0 Å². The molecule has 0 amide bonds. The average Bonchev–Trinajstić information content (AvgIpc) is 1.52. The monoisotopic (exact) mass is 1570 g/mol. The summed E-state index contributed by atoms with van der Waals surface area (Å²) in [6.45, 7) is 4.69. The maximum atomic E-state index is 3.73. The molecule has 0 bridgehead atoms. The van der Waals surface area contributed by atoms with Crippen LogP contribution in [0, 0.1) is 0 Å². The first-order valence-corrected chi connectivity index (χ1v) is 42.9. The lowest BCUT2D eigenvalue weighted by Gasteiger charge is -2.34. The Bertz CT molecular complexity index is 6860. The molecule has 1 unspecified atom stereocenters. The van der Waals surface area contributed by atoms with E-state index in [9.17, 15) is 0 Å². The lowest BCUT2D eigenvalue weighted by Crippen LogP contribution is -2.28. The first-order chi connectivity index (χ1) is 60.7. The second-order valence-electron chi connectivity index (χ2n) is 33.2. The Morgan fingerprint density at radius 3 is 0.943 bits per heavy atom. The fourth-order valence-electron chi connectivity index (χ4n) is 20.0. The van der Waals surface area contributed by atoms with Crippen molar-refractivity contribution in [3.8, 4) is 55.6 Å². The van der Waals surface area contributed by atoms with Gasteiger partial charge in [-0.2, -0.15) is 0 Å². The van der Waals surface area contributed by atoms with E-state index in [0.29, 0.717) is 6.04 Å². The zero-order chi connectivity index (χ0) is 82.3. The van der Waals surface area contributed by atoms with E-state index in [2.05, 4.69) is 490 Å². The molecule has 0 fully saturated rings. The minimum Gasteiger partial charge on any atom is -0.378 e. The third-order valence-corrected chi connectivity index (χ3v) is 25.7. The van der Waals surface area contributed by atoms with Crippen molar-refractivity contribution in [1.29, 1.82) is 0 Å². The zero-order valence-corrected chi connectivity index (χ0v) is 68.7. The number of rotatable bonds is 12. The lowest BCUT2D eigenvalue weighted by molar-refractivity contribution is 0.650. The molecule has 4 heteroatoms. The van der Waals surface area contributed by atoms with Gasteiger partial charge in [0.2, 0.25) is 0 Å². The molecule has 0 saturated carbocycles. The molecule has 0 aromatic heterocycles. The van der Waals surface area contributed by atoms with E-state index in [-0.39, 0.29) is 16.2 Å². The Morgan fingerprint density at radius 1 is 0.220 bits per heavy atom. The van der Waals surface area contributed by atoms with Crippen molar-refractivity contribution in [2.24, 2.45) is 0 Å². The van der Waals surface area contributed by atoms with Gasteiger partial charge in [-0.25, -0.2) is 0 Å². The minimum atomic E-state index is -0.379. The van der Waals surface area contributed by atoms with Gasteiger partial charge in [-0.05, 0) is 246 Å². The molecule has 24 rings (SSSR count). The van der Waals surface area contributed by atoms with Crippen LogP contribution in [0.4, 0.5) is 39.8 Å². The van der Waals surface area contributed by atoms with Gasteiger partial charge in [-0.1, -0.05) is 396 Å². The average molecular weight is 1580 g/mol. The highest BCUT2D eigenvalue weighted by Gasteiger charge is 2.52. The Morgan fingerprint density at radius 2 is 0.512 bits per heavy atom. The van der Waals surface area contributed by atoms with Crippen molar-refractivity contribution in [2.75, 3.05) is 21.3 Å². The summed E-state index contributed by atoms with van der Waals surface area (Å²) in [5, 5.41) is 22.1. The van der Waals surface area contributed by atoms with Gasteiger partial charge < -0.3 is 21.3 Å². The normalized spacial score (nSPS) is 14.3. The second kappa shape index (κ2) is 32.1. The van der Waals surface area contributed by atoms with Crippen LogP contribution in [0.3, 0.4) is 0 Å². The molecule has 0 heterocycles. The van der Waals surface area contributed by atoms with Gasteiger partial charge in [0, 0.05) is 51.3 Å². The van der Waals surface area contributed by atoms with Crippen molar-refractivity contribution in [3.63, 3.8) is 0 Å². The maximum Gasteiger partial charge on any atom is 0.0726 e. The van der Waals surface area contributed by atoms with Crippen molar-refractivity contribution in [2.45, 2.75) is 42.6 Å². The summed E-state index contributed by atoms with van der Waals surface area (Å²) in [5.74, 6) is 0. The Kier molecular flexibility index (Phi) is 19.6. The molecule has 1 spiro atoms. The van der Waals surface area contributed by atoms with E-state index in [4.69, 9.17) is 0 Å². The first-order valence-electron chi connectivity index (χ1n) is 42.9. The summed E-state index contributed by atoms with van der Waals surface area (Å²) >= 11 is 0. The predicted octanol–water partition coefficient (Wildman–Crippen LogP) is 31.0. The molecule has 5 aliphatic rings. The van der Waals surface area contributed by atoms with Crippen molar-refractivity contribution in [3.05, 3.63) is 528 Å². The van der Waals surface area contributed by atoms with E-state index >= 15 is 0 Å². The fraction of sp³-hybridized carbons (Fsp3) is 0.0588. The van der Waals surface area contributed by atoms with E-state index in [1.165, 1.54) is 160 Å². The molecule has 19 aromatic rings. The molecule has 4 nitrogen and oxygen atoms in total. The van der Waals surface area contributed by atoms with Crippen LogP contribution in [0.15, 0.2) is 473 Å². The summed E-state index contributed by atoms with van der Waals surface area (Å²) in [4.78, 5) is 0. The van der Waals surface area contributed by atoms with Crippen LogP contribution in [0.1, 0.15) is 75.9 Å². The molecule has 0 aliphatic heterocycles. The van der Waals surface area contributed by atoms with Crippen LogP contribution >= 0.6 is 0 Å². The molecule has 0 radical (unpaired) electrons. The van der Waals surface area contributed by atoms with E-state index in [1.54, 1.807) is 0 Å². The minimum absolute atomic E-state index is 0.0756. The first kappa shape index (κ1) is 75.1. The number of benzene rings is 19. The molecular weight excluding hydrogens is 1490 g/mol. The highest BCUT2D eigenvalue weighted by Crippen LogP contribution is 2.64. The van der Waals surface area contributed by atoms with E-state index < -0.39 is 0 Å². The Balaban J connectivity index is 0.000000102. The van der Waals surface area contributed by atoms with Crippen molar-refractivity contribution < 1.29 is 0 Å². The second-order valence-corrected chi connectivity index (χ2v) is 33.2. The molecule has 5 aliphatic carbocycles. The van der Waals surface area contributed by atoms with Gasteiger partial charge in [0.25, 0.3) is 0 Å². The number of nitrogens with one attached hydrogen (secondary N) is 4. The number of hydrogen-bond donors (Lipinski definition) is 4. The lowest BCUT2D eigenvalue weighted by atomic mass is 9.67. The van der Waals surface area contributed by atoms with Crippen LogP contribution in [-0.2, 0) is 16.2 Å². The highest BCUT2D eigenvalue weighted by atomic mass is 14.9. The number of allylic oxidation sites excluding steroid dienone is 2. The van der Waals surface area contributed by atoms with Crippen molar-refractivity contribution in [1.82, 2.24) is 0 Å². The van der Waals surface area contributed by atoms with Gasteiger partial charge in [0.1, 0.15) is 0 Å². The third kappa shape index (κ3) is 13.8. The topological polar surface area (TPSA) is 48.1 Å². The summed E-state index contributed by atoms with van der Waals surface area (Å²) in [5.41, 5.74) is 36.4. The van der Waals surface area contributed by atoms with Crippen molar-refractivity contribution >= 4 is 77.7 Å². The largest absolute Gasteiger partial charge is 0.378 e. The summed E-state index contributed by atoms with van der Waals surface area (Å²) in [6, 6.07) is 164. The standard InChI is InChI=1S/C35H23N.C35H25N.C25H23N.C24H19N/c1-2-10-24-21-25(18-17-23(24)9-1)36-26-19-20-30-29-13-5-8-16-33(29)35(34(30)22-26)31-14-6-3-11-27(31)28-12-4-7-15-32(28)35;1-3-13-27(14-4-1)35(28-15-5-2-6-16-28)33-18-10-9-17-31(33)32-22-21-30(24-34(32)35)36-29-20-19-25-11-7-8-12-26(25)23-29;1-25(2)23-10-6-5-9-21(23)22-14-13-20(16-24(22)25)26-19-12-11-17-7-3-4-8-18(17)15-19;1-3-7-19(8-4-1)21-11-15-23(16-12-21)25-24-17-13-22(14-18-24)20-9-5-2-6-10-20/h1-22,36H;1-24,36H;3-12,14-16,20,26H,13H2,1-2H3;1-18,25H. The Labute approximate surface area is 720 Å². The molecule has 586 valence electrons. The quantitative estimate of drug-likeness (QED) is 0.0985. The Hall–Kier alpha value is -15.4. The third-order valence-electron chi connectivity index (χ3n) is 25.7. The molecule has 123 heavy (non-hydrogen) atoms. The van der Waals surface area contributed by atoms with E-state index in [0.717, 1.165) is 40.5 Å². The smallest absolute Gasteiger partial charge is 0.0726 e. The van der Waals surface area contributed by atoms with Crippen LogP contribution in [0.2, 0.25) is 0 Å². The van der Waals surface area contributed by atoms with Crippen LogP contribution in [-0.4, -0.2) is 6.04 Å².